The molecule has 0 atom stereocenters. The first-order valence-electron chi connectivity index (χ1n) is 6.94. The van der Waals surface area contributed by atoms with Crippen LogP contribution in [0.3, 0.4) is 0 Å². The SMILES string of the molecule is CC(C)(C)OC(=O)NC1CN(c2nc(Cl)ccc2C(F)(F)F)C1. The molecule has 1 aromatic heterocycles. The van der Waals surface area contributed by atoms with Gasteiger partial charge < -0.3 is 15.0 Å². The summed E-state index contributed by atoms with van der Waals surface area (Å²) in [6.07, 6.45) is -5.12. The van der Waals surface area contributed by atoms with Crippen LogP contribution in [0.2, 0.25) is 5.15 Å². The molecule has 1 amide bonds. The van der Waals surface area contributed by atoms with Crippen LogP contribution in [0.1, 0.15) is 26.3 Å². The number of carbonyl (C=O) groups is 1. The quantitative estimate of drug-likeness (QED) is 0.829. The van der Waals surface area contributed by atoms with Crippen LogP contribution in [0.15, 0.2) is 12.1 Å². The number of anilines is 1. The van der Waals surface area contributed by atoms with Gasteiger partial charge in [-0.2, -0.15) is 13.2 Å². The summed E-state index contributed by atoms with van der Waals surface area (Å²) in [5.41, 5.74) is -1.48. The van der Waals surface area contributed by atoms with E-state index in [2.05, 4.69) is 10.3 Å². The largest absolute Gasteiger partial charge is 0.444 e. The van der Waals surface area contributed by atoms with Gasteiger partial charge in [-0.25, -0.2) is 9.78 Å². The molecular formula is C14H17ClF3N3O2. The molecule has 1 N–H and O–H groups in total. The average Bonchev–Trinajstić information content (AvgIpc) is 2.29. The highest BCUT2D eigenvalue weighted by atomic mass is 35.5. The van der Waals surface area contributed by atoms with Crippen molar-refractivity contribution in [3.8, 4) is 0 Å². The molecule has 128 valence electrons. The Labute approximate surface area is 136 Å². The third-order valence-electron chi connectivity index (χ3n) is 3.05. The minimum atomic E-state index is -4.52. The molecule has 1 aliphatic heterocycles. The van der Waals surface area contributed by atoms with E-state index >= 15 is 0 Å². The summed E-state index contributed by atoms with van der Waals surface area (Å²) in [5.74, 6) is -0.229. The molecule has 0 aromatic carbocycles. The predicted octanol–water partition coefficient (Wildman–Crippen LogP) is 3.47. The molecule has 0 spiro atoms. The third-order valence-corrected chi connectivity index (χ3v) is 3.26. The molecule has 0 aliphatic carbocycles. The Morgan fingerprint density at radius 2 is 1.96 bits per heavy atom. The van der Waals surface area contributed by atoms with Gasteiger partial charge in [-0.1, -0.05) is 11.6 Å². The van der Waals surface area contributed by atoms with Crippen molar-refractivity contribution in [1.29, 1.82) is 0 Å². The number of alkyl halides is 3. The summed E-state index contributed by atoms with van der Waals surface area (Å²) in [6.45, 7) is 5.59. The first-order chi connectivity index (χ1) is 10.5. The molecule has 9 heteroatoms. The Balaban J connectivity index is 2.00. The van der Waals surface area contributed by atoms with Crippen molar-refractivity contribution in [2.24, 2.45) is 0 Å². The van der Waals surface area contributed by atoms with Gasteiger partial charge in [-0.3, -0.25) is 0 Å². The maximum absolute atomic E-state index is 13.0. The van der Waals surface area contributed by atoms with Gasteiger partial charge in [0.05, 0.1) is 11.6 Å². The summed E-state index contributed by atoms with van der Waals surface area (Å²) < 4.78 is 44.1. The van der Waals surface area contributed by atoms with E-state index in [0.29, 0.717) is 0 Å². The van der Waals surface area contributed by atoms with E-state index < -0.39 is 23.4 Å². The highest BCUT2D eigenvalue weighted by molar-refractivity contribution is 6.29. The average molecular weight is 352 g/mol. The number of rotatable bonds is 2. The van der Waals surface area contributed by atoms with Gasteiger partial charge in [0.15, 0.2) is 0 Å². The number of carbonyl (C=O) groups excluding carboxylic acids is 1. The van der Waals surface area contributed by atoms with Crippen molar-refractivity contribution in [2.75, 3.05) is 18.0 Å². The minimum Gasteiger partial charge on any atom is -0.444 e. The van der Waals surface area contributed by atoms with E-state index in [1.165, 1.54) is 4.90 Å². The fraction of sp³-hybridized carbons (Fsp3) is 0.571. The molecule has 0 saturated carbocycles. The Bertz CT molecular complexity index is 596. The first kappa shape index (κ1) is 17.7. The number of hydrogen-bond acceptors (Lipinski definition) is 4. The van der Waals surface area contributed by atoms with Crippen LogP contribution in [0.25, 0.3) is 0 Å². The zero-order chi connectivity index (χ0) is 17.4. The van der Waals surface area contributed by atoms with Gasteiger partial charge in [0.25, 0.3) is 0 Å². The lowest BCUT2D eigenvalue weighted by molar-refractivity contribution is -0.137. The first-order valence-corrected chi connectivity index (χ1v) is 7.32. The second kappa shape index (κ2) is 6.07. The molecular weight excluding hydrogens is 335 g/mol. The van der Waals surface area contributed by atoms with Crippen LogP contribution in [-0.4, -0.2) is 35.8 Å². The third kappa shape index (κ3) is 4.63. The van der Waals surface area contributed by atoms with Crippen LogP contribution in [0.4, 0.5) is 23.8 Å². The minimum absolute atomic E-state index is 0.0171. The van der Waals surface area contributed by atoms with Crippen LogP contribution >= 0.6 is 11.6 Å². The number of nitrogens with one attached hydrogen (secondary N) is 1. The molecule has 2 rings (SSSR count). The van der Waals surface area contributed by atoms with E-state index in [-0.39, 0.29) is 30.1 Å². The lowest BCUT2D eigenvalue weighted by Crippen LogP contribution is -2.60. The summed E-state index contributed by atoms with van der Waals surface area (Å²) in [4.78, 5) is 16.8. The van der Waals surface area contributed by atoms with E-state index in [9.17, 15) is 18.0 Å². The van der Waals surface area contributed by atoms with Crippen molar-refractivity contribution in [3.63, 3.8) is 0 Å². The summed E-state index contributed by atoms with van der Waals surface area (Å²) >= 11 is 5.69. The van der Waals surface area contributed by atoms with E-state index in [1.807, 2.05) is 0 Å². The van der Waals surface area contributed by atoms with Crippen LogP contribution in [0, 0.1) is 0 Å². The maximum atomic E-state index is 13.0. The molecule has 1 fully saturated rings. The summed E-state index contributed by atoms with van der Waals surface area (Å²) in [6, 6.07) is 1.70. The number of alkyl carbamates (subject to hydrolysis) is 1. The van der Waals surface area contributed by atoms with Crippen molar-refractivity contribution in [2.45, 2.75) is 38.6 Å². The van der Waals surface area contributed by atoms with E-state index in [1.54, 1.807) is 20.8 Å². The fourth-order valence-corrected chi connectivity index (χ4v) is 2.25. The molecule has 1 aromatic rings. The molecule has 0 unspecified atom stereocenters. The summed E-state index contributed by atoms with van der Waals surface area (Å²) in [7, 11) is 0. The Morgan fingerprint density at radius 1 is 1.35 bits per heavy atom. The Morgan fingerprint density at radius 3 is 2.48 bits per heavy atom. The number of ether oxygens (including phenoxy) is 1. The molecule has 0 radical (unpaired) electrons. The highest BCUT2D eigenvalue weighted by Gasteiger charge is 2.39. The zero-order valence-corrected chi connectivity index (χ0v) is 13.6. The van der Waals surface area contributed by atoms with Crippen molar-refractivity contribution in [3.05, 3.63) is 22.8 Å². The normalized spacial score (nSPS) is 16.0. The Kier molecular flexibility index (Phi) is 4.66. The number of hydrogen-bond donors (Lipinski definition) is 1. The van der Waals surface area contributed by atoms with E-state index in [0.717, 1.165) is 12.1 Å². The number of aromatic nitrogens is 1. The lowest BCUT2D eigenvalue weighted by Gasteiger charge is -2.41. The number of halogens is 4. The van der Waals surface area contributed by atoms with Crippen molar-refractivity contribution < 1.29 is 22.7 Å². The van der Waals surface area contributed by atoms with Gasteiger partial charge in [-0.05, 0) is 32.9 Å². The molecule has 1 saturated heterocycles. The monoisotopic (exact) mass is 351 g/mol. The zero-order valence-electron chi connectivity index (χ0n) is 12.9. The smallest absolute Gasteiger partial charge is 0.419 e. The van der Waals surface area contributed by atoms with Crippen molar-refractivity contribution in [1.82, 2.24) is 10.3 Å². The summed E-state index contributed by atoms with van der Waals surface area (Å²) in [5, 5.41) is 2.58. The van der Waals surface area contributed by atoms with Crippen LogP contribution < -0.4 is 10.2 Å². The van der Waals surface area contributed by atoms with Gasteiger partial charge in [0.2, 0.25) is 0 Å². The molecule has 0 bridgehead atoms. The van der Waals surface area contributed by atoms with Crippen LogP contribution in [0.5, 0.6) is 0 Å². The van der Waals surface area contributed by atoms with Crippen molar-refractivity contribution >= 4 is 23.5 Å². The number of nitrogens with zero attached hydrogens (tertiary/aromatic N) is 2. The second-order valence-corrected chi connectivity index (χ2v) is 6.64. The van der Waals surface area contributed by atoms with Gasteiger partial charge >= 0.3 is 12.3 Å². The standard InChI is InChI=1S/C14H17ClF3N3O2/c1-13(2,3)23-12(22)19-8-6-21(7-8)11-9(14(16,17)18)4-5-10(15)20-11/h4-5,8H,6-7H2,1-3H3,(H,19,22). The van der Waals surface area contributed by atoms with Gasteiger partial charge in [-0.15, -0.1) is 0 Å². The molecule has 5 nitrogen and oxygen atoms in total. The molecule has 1 aliphatic rings. The number of amides is 1. The maximum Gasteiger partial charge on any atom is 0.419 e. The number of pyridine rings is 1. The lowest BCUT2D eigenvalue weighted by atomic mass is 10.1. The molecule has 23 heavy (non-hydrogen) atoms. The van der Waals surface area contributed by atoms with E-state index in [4.69, 9.17) is 16.3 Å². The van der Waals surface area contributed by atoms with Crippen LogP contribution in [-0.2, 0) is 10.9 Å². The Hall–Kier alpha value is -1.70. The highest BCUT2D eigenvalue weighted by Crippen LogP contribution is 2.37. The van der Waals surface area contributed by atoms with Gasteiger partial charge in [0, 0.05) is 13.1 Å². The predicted molar refractivity (Wildman–Crippen MR) is 79.6 cm³/mol. The fourth-order valence-electron chi connectivity index (χ4n) is 2.10. The molecule has 2 heterocycles. The van der Waals surface area contributed by atoms with Gasteiger partial charge in [0.1, 0.15) is 16.6 Å². The second-order valence-electron chi connectivity index (χ2n) is 6.25. The topological polar surface area (TPSA) is 54.5 Å².